The molecule has 2 aromatic heterocycles. The Bertz CT molecular complexity index is 905. The van der Waals surface area contributed by atoms with Crippen molar-refractivity contribution in [1.29, 1.82) is 0 Å². The maximum Gasteiger partial charge on any atom is 0.261 e. The molecule has 1 fully saturated rings. The van der Waals surface area contributed by atoms with E-state index >= 15 is 0 Å². The van der Waals surface area contributed by atoms with Gasteiger partial charge in [0.1, 0.15) is 5.75 Å². The lowest BCUT2D eigenvalue weighted by Gasteiger charge is -2.23. The van der Waals surface area contributed by atoms with Crippen LogP contribution in [0, 0.1) is 6.92 Å². The molecule has 4 rings (SSSR count). The van der Waals surface area contributed by atoms with Gasteiger partial charge in [0, 0.05) is 12.7 Å². The highest BCUT2D eigenvalue weighted by molar-refractivity contribution is 5.78. The van der Waals surface area contributed by atoms with E-state index in [9.17, 15) is 4.79 Å². The molecule has 0 bridgehead atoms. The van der Waals surface area contributed by atoms with Crippen LogP contribution in [-0.4, -0.2) is 38.6 Å². The summed E-state index contributed by atoms with van der Waals surface area (Å²) in [4.78, 5) is 14.5. The second-order valence-corrected chi connectivity index (χ2v) is 6.34. The van der Waals surface area contributed by atoms with Crippen molar-refractivity contribution in [2.45, 2.75) is 25.8 Å². The average Bonchev–Trinajstić information content (AvgIpc) is 3.26. The third-order valence-corrected chi connectivity index (χ3v) is 4.56. The third-order valence-electron chi connectivity index (χ3n) is 4.56. The summed E-state index contributed by atoms with van der Waals surface area (Å²) in [6.45, 7) is 2.76. The van der Waals surface area contributed by atoms with Crippen molar-refractivity contribution in [3.05, 3.63) is 60.0 Å². The highest BCUT2D eigenvalue weighted by Gasteiger charge is 2.33. The lowest BCUT2D eigenvalue weighted by Crippen LogP contribution is -2.35. The first-order chi connectivity index (χ1) is 12.2. The van der Waals surface area contributed by atoms with Crippen LogP contribution in [0.5, 0.6) is 5.75 Å². The van der Waals surface area contributed by atoms with E-state index in [1.807, 2.05) is 64.9 Å². The molecule has 0 spiro atoms. The van der Waals surface area contributed by atoms with Gasteiger partial charge in [-0.1, -0.05) is 18.2 Å². The van der Waals surface area contributed by atoms with Gasteiger partial charge < -0.3 is 9.64 Å². The minimum Gasteiger partial charge on any atom is -0.484 e. The summed E-state index contributed by atoms with van der Waals surface area (Å²) in [5, 5.41) is 8.52. The first-order valence-corrected chi connectivity index (χ1v) is 8.51. The van der Waals surface area contributed by atoms with E-state index in [0.717, 1.165) is 42.2 Å². The average molecular weight is 336 g/mol. The molecule has 0 saturated carbocycles. The number of rotatable bonds is 4. The molecule has 1 amide bonds. The zero-order chi connectivity index (χ0) is 17.2. The van der Waals surface area contributed by atoms with Gasteiger partial charge in [-0.3, -0.25) is 9.20 Å². The standard InChI is InChI=1S/C19H20N4O2/c1-14-6-4-7-15(12-14)25-13-18(24)22-11-5-8-16(22)19-21-20-17-9-2-3-10-23(17)19/h2-4,6-7,9-10,12,16H,5,8,11,13H2,1H3/t16-/m0/s1. The lowest BCUT2D eigenvalue weighted by atomic mass is 10.2. The van der Waals surface area contributed by atoms with E-state index in [-0.39, 0.29) is 18.6 Å². The van der Waals surface area contributed by atoms with E-state index in [0.29, 0.717) is 0 Å². The van der Waals surface area contributed by atoms with Crippen LogP contribution in [0.1, 0.15) is 30.3 Å². The van der Waals surface area contributed by atoms with E-state index in [2.05, 4.69) is 10.2 Å². The first kappa shape index (κ1) is 15.6. The third kappa shape index (κ3) is 3.07. The zero-order valence-electron chi connectivity index (χ0n) is 14.1. The quantitative estimate of drug-likeness (QED) is 0.735. The van der Waals surface area contributed by atoms with Crippen molar-refractivity contribution >= 4 is 11.6 Å². The Labute approximate surface area is 146 Å². The van der Waals surface area contributed by atoms with Crippen LogP contribution in [0.25, 0.3) is 5.65 Å². The predicted molar refractivity (Wildman–Crippen MR) is 93.3 cm³/mol. The number of aryl methyl sites for hydroxylation is 1. The predicted octanol–water partition coefficient (Wildman–Crippen LogP) is 2.78. The fourth-order valence-corrected chi connectivity index (χ4v) is 3.35. The second-order valence-electron chi connectivity index (χ2n) is 6.34. The molecule has 3 aromatic rings. The fourth-order valence-electron chi connectivity index (χ4n) is 3.35. The number of carbonyl (C=O) groups excluding carboxylic acids is 1. The second kappa shape index (κ2) is 6.55. The Morgan fingerprint density at radius 3 is 3.04 bits per heavy atom. The minimum atomic E-state index is -0.0500. The molecule has 0 N–H and O–H groups in total. The van der Waals surface area contributed by atoms with Gasteiger partial charge in [0.15, 0.2) is 18.1 Å². The monoisotopic (exact) mass is 336 g/mol. The maximum absolute atomic E-state index is 12.7. The molecule has 1 aromatic carbocycles. The molecule has 6 nitrogen and oxygen atoms in total. The van der Waals surface area contributed by atoms with Crippen LogP contribution in [0.2, 0.25) is 0 Å². The van der Waals surface area contributed by atoms with Gasteiger partial charge >= 0.3 is 0 Å². The number of hydrogen-bond donors (Lipinski definition) is 0. The first-order valence-electron chi connectivity index (χ1n) is 8.51. The topological polar surface area (TPSA) is 59.7 Å². The Balaban J connectivity index is 1.50. The Kier molecular flexibility index (Phi) is 4.09. The molecule has 0 radical (unpaired) electrons. The number of amides is 1. The SMILES string of the molecule is Cc1cccc(OCC(=O)N2CCC[C@H]2c2nnc3ccccn23)c1. The van der Waals surface area contributed by atoms with Gasteiger partial charge in [-0.2, -0.15) is 0 Å². The van der Waals surface area contributed by atoms with Gasteiger partial charge in [-0.15, -0.1) is 10.2 Å². The molecule has 1 saturated heterocycles. The number of carbonyl (C=O) groups is 1. The van der Waals surface area contributed by atoms with Crippen molar-refractivity contribution in [3.8, 4) is 5.75 Å². The Morgan fingerprint density at radius 2 is 2.16 bits per heavy atom. The van der Waals surface area contributed by atoms with Crippen LogP contribution < -0.4 is 4.74 Å². The molecule has 6 heteroatoms. The number of pyridine rings is 1. The van der Waals surface area contributed by atoms with Crippen molar-refractivity contribution in [2.24, 2.45) is 0 Å². The van der Waals surface area contributed by atoms with Crippen molar-refractivity contribution in [3.63, 3.8) is 0 Å². The number of benzene rings is 1. The van der Waals surface area contributed by atoms with Crippen molar-refractivity contribution in [2.75, 3.05) is 13.2 Å². The minimum absolute atomic E-state index is 0.0170. The van der Waals surface area contributed by atoms with E-state index < -0.39 is 0 Å². The Hall–Kier alpha value is -2.89. The molecule has 128 valence electrons. The molecule has 1 atom stereocenters. The highest BCUT2D eigenvalue weighted by atomic mass is 16.5. The molecular weight excluding hydrogens is 316 g/mol. The Morgan fingerprint density at radius 1 is 1.24 bits per heavy atom. The van der Waals surface area contributed by atoms with Crippen molar-refractivity contribution in [1.82, 2.24) is 19.5 Å². The number of aromatic nitrogens is 3. The summed E-state index contributed by atoms with van der Waals surface area (Å²) in [5.74, 6) is 1.52. The number of likely N-dealkylation sites (tertiary alicyclic amines) is 1. The summed E-state index contributed by atoms with van der Waals surface area (Å²) >= 11 is 0. The summed E-state index contributed by atoms with van der Waals surface area (Å²) in [6, 6.07) is 13.5. The van der Waals surface area contributed by atoms with Crippen LogP contribution in [0.4, 0.5) is 0 Å². The molecule has 1 aliphatic rings. The molecule has 0 unspecified atom stereocenters. The van der Waals surface area contributed by atoms with E-state index in [1.165, 1.54) is 0 Å². The van der Waals surface area contributed by atoms with Crippen LogP contribution in [-0.2, 0) is 4.79 Å². The van der Waals surface area contributed by atoms with Gasteiger partial charge in [0.25, 0.3) is 5.91 Å². The highest BCUT2D eigenvalue weighted by Crippen LogP contribution is 2.31. The molecule has 0 aliphatic carbocycles. The number of ether oxygens (including phenoxy) is 1. The normalized spacial score (nSPS) is 17.2. The van der Waals surface area contributed by atoms with Gasteiger partial charge in [-0.05, 0) is 49.6 Å². The van der Waals surface area contributed by atoms with Crippen LogP contribution in [0.15, 0.2) is 48.7 Å². The largest absolute Gasteiger partial charge is 0.484 e. The van der Waals surface area contributed by atoms with Crippen LogP contribution in [0.3, 0.4) is 0 Å². The number of fused-ring (bicyclic) bond motifs is 1. The molecule has 1 aliphatic heterocycles. The molecule has 25 heavy (non-hydrogen) atoms. The smallest absolute Gasteiger partial charge is 0.261 e. The van der Waals surface area contributed by atoms with Gasteiger partial charge in [-0.25, -0.2) is 0 Å². The maximum atomic E-state index is 12.7. The fraction of sp³-hybridized carbons (Fsp3) is 0.316. The lowest BCUT2D eigenvalue weighted by molar-refractivity contribution is -0.134. The summed E-state index contributed by atoms with van der Waals surface area (Å²) in [7, 11) is 0. The molecular formula is C19H20N4O2. The summed E-state index contributed by atoms with van der Waals surface area (Å²) in [5.41, 5.74) is 1.91. The summed E-state index contributed by atoms with van der Waals surface area (Å²) < 4.78 is 7.64. The van der Waals surface area contributed by atoms with Crippen LogP contribution >= 0.6 is 0 Å². The summed E-state index contributed by atoms with van der Waals surface area (Å²) in [6.07, 6.45) is 3.80. The number of hydrogen-bond acceptors (Lipinski definition) is 4. The number of nitrogens with zero attached hydrogens (tertiary/aromatic N) is 4. The zero-order valence-corrected chi connectivity index (χ0v) is 14.1. The van der Waals surface area contributed by atoms with E-state index in [4.69, 9.17) is 4.74 Å². The van der Waals surface area contributed by atoms with Crippen molar-refractivity contribution < 1.29 is 9.53 Å². The van der Waals surface area contributed by atoms with E-state index in [1.54, 1.807) is 0 Å². The van der Waals surface area contributed by atoms with Gasteiger partial charge in [0.2, 0.25) is 0 Å². The van der Waals surface area contributed by atoms with Gasteiger partial charge in [0.05, 0.1) is 6.04 Å². The molecule has 3 heterocycles.